The molecule has 0 unspecified atom stereocenters. The third kappa shape index (κ3) is 4.23. The van der Waals surface area contributed by atoms with Crippen molar-refractivity contribution in [2.24, 2.45) is 11.3 Å². The Kier molecular flexibility index (Phi) is 4.92. The van der Waals surface area contributed by atoms with Crippen LogP contribution in [0.5, 0.6) is 0 Å². The van der Waals surface area contributed by atoms with Gasteiger partial charge in [-0.2, -0.15) is 0 Å². The maximum atomic E-state index is 11.5. The molecule has 21 heavy (non-hydrogen) atoms. The van der Waals surface area contributed by atoms with Crippen molar-refractivity contribution in [1.82, 2.24) is 5.32 Å². The number of amides is 1. The Bertz CT molecular complexity index is 465. The Hall–Kier alpha value is -1.51. The highest BCUT2D eigenvalue weighted by Crippen LogP contribution is 2.38. The van der Waals surface area contributed by atoms with E-state index >= 15 is 0 Å². The molecule has 0 aliphatic heterocycles. The van der Waals surface area contributed by atoms with Crippen molar-refractivity contribution in [1.29, 1.82) is 0 Å². The largest absolute Gasteiger partial charge is 0.382 e. The second kappa shape index (κ2) is 6.50. The van der Waals surface area contributed by atoms with Crippen molar-refractivity contribution in [3.8, 4) is 0 Å². The van der Waals surface area contributed by atoms with Crippen LogP contribution in [-0.4, -0.2) is 19.0 Å². The minimum Gasteiger partial charge on any atom is -0.382 e. The lowest BCUT2D eigenvalue weighted by atomic mass is 9.71. The molecule has 1 aliphatic rings. The molecule has 2 N–H and O–H groups in total. The van der Waals surface area contributed by atoms with Gasteiger partial charge in [0.25, 0.3) is 5.91 Å². The molecule has 1 aromatic carbocycles. The van der Waals surface area contributed by atoms with E-state index in [1.165, 1.54) is 25.7 Å². The zero-order valence-corrected chi connectivity index (χ0v) is 13.7. The van der Waals surface area contributed by atoms with Gasteiger partial charge in [-0.15, -0.1) is 0 Å². The highest BCUT2D eigenvalue weighted by molar-refractivity contribution is 5.94. The van der Waals surface area contributed by atoms with E-state index in [2.05, 4.69) is 31.4 Å². The Balaban J connectivity index is 1.88. The topological polar surface area (TPSA) is 41.1 Å². The van der Waals surface area contributed by atoms with E-state index in [9.17, 15) is 4.79 Å². The van der Waals surface area contributed by atoms with Gasteiger partial charge in [-0.1, -0.05) is 20.8 Å². The SMILES string of the molecule is CNC(=O)c1ccc(NC2CCC(C(C)(C)C)CC2)cc1. The Labute approximate surface area is 128 Å². The molecule has 3 nitrogen and oxygen atoms in total. The van der Waals surface area contributed by atoms with Gasteiger partial charge >= 0.3 is 0 Å². The molecule has 1 amide bonds. The lowest BCUT2D eigenvalue weighted by Crippen LogP contribution is -2.31. The molecule has 1 saturated carbocycles. The van der Waals surface area contributed by atoms with E-state index < -0.39 is 0 Å². The normalized spacial score (nSPS) is 22.7. The van der Waals surface area contributed by atoms with Crippen LogP contribution < -0.4 is 10.6 Å². The highest BCUT2D eigenvalue weighted by atomic mass is 16.1. The third-order valence-corrected chi connectivity index (χ3v) is 4.70. The molecule has 1 aromatic rings. The number of hydrogen-bond acceptors (Lipinski definition) is 2. The molecule has 2 rings (SSSR count). The van der Waals surface area contributed by atoms with Crippen molar-refractivity contribution in [2.45, 2.75) is 52.5 Å². The van der Waals surface area contributed by atoms with Gasteiger partial charge < -0.3 is 10.6 Å². The third-order valence-electron chi connectivity index (χ3n) is 4.70. The minimum absolute atomic E-state index is 0.0350. The molecule has 0 heterocycles. The van der Waals surface area contributed by atoms with Crippen LogP contribution in [0.25, 0.3) is 0 Å². The van der Waals surface area contributed by atoms with Crippen LogP contribution in [0.15, 0.2) is 24.3 Å². The lowest BCUT2D eigenvalue weighted by molar-refractivity contribution is 0.0963. The van der Waals surface area contributed by atoms with Crippen molar-refractivity contribution in [2.75, 3.05) is 12.4 Å². The van der Waals surface area contributed by atoms with E-state index in [0.717, 1.165) is 11.6 Å². The maximum Gasteiger partial charge on any atom is 0.251 e. The average Bonchev–Trinajstić information content (AvgIpc) is 2.47. The summed E-state index contributed by atoms with van der Waals surface area (Å²) < 4.78 is 0. The molecule has 116 valence electrons. The minimum atomic E-state index is -0.0350. The van der Waals surface area contributed by atoms with E-state index in [1.54, 1.807) is 7.05 Å². The van der Waals surface area contributed by atoms with Crippen LogP contribution in [0, 0.1) is 11.3 Å². The number of nitrogens with one attached hydrogen (secondary N) is 2. The fourth-order valence-electron chi connectivity index (χ4n) is 3.20. The quantitative estimate of drug-likeness (QED) is 0.880. The molecule has 0 atom stereocenters. The van der Waals surface area contributed by atoms with Crippen LogP contribution >= 0.6 is 0 Å². The first-order valence-electron chi connectivity index (χ1n) is 7.99. The lowest BCUT2D eigenvalue weighted by Gasteiger charge is -2.37. The van der Waals surface area contributed by atoms with Crippen LogP contribution in [0.3, 0.4) is 0 Å². The number of hydrogen-bond donors (Lipinski definition) is 2. The van der Waals surface area contributed by atoms with E-state index in [4.69, 9.17) is 0 Å². The molecule has 0 bridgehead atoms. The van der Waals surface area contributed by atoms with Gasteiger partial charge in [0.2, 0.25) is 0 Å². The van der Waals surface area contributed by atoms with Gasteiger partial charge in [0.1, 0.15) is 0 Å². The predicted octanol–water partition coefficient (Wildman–Crippen LogP) is 4.06. The first-order valence-corrected chi connectivity index (χ1v) is 7.99. The van der Waals surface area contributed by atoms with Crippen LogP contribution in [-0.2, 0) is 0 Å². The molecular weight excluding hydrogens is 260 g/mol. The molecule has 1 aliphatic carbocycles. The molecule has 0 saturated heterocycles. The van der Waals surface area contributed by atoms with Gasteiger partial charge in [0, 0.05) is 24.3 Å². The van der Waals surface area contributed by atoms with Crippen molar-refractivity contribution >= 4 is 11.6 Å². The van der Waals surface area contributed by atoms with E-state index in [-0.39, 0.29) is 5.91 Å². The fraction of sp³-hybridized carbons (Fsp3) is 0.611. The second-order valence-electron chi connectivity index (χ2n) is 7.22. The second-order valence-corrected chi connectivity index (χ2v) is 7.22. The molecular formula is C18H28N2O. The zero-order chi connectivity index (χ0) is 15.5. The summed E-state index contributed by atoms with van der Waals surface area (Å²) in [5, 5.41) is 6.25. The van der Waals surface area contributed by atoms with Gasteiger partial charge in [0.05, 0.1) is 0 Å². The average molecular weight is 288 g/mol. The Morgan fingerprint density at radius 2 is 1.62 bits per heavy atom. The van der Waals surface area contributed by atoms with Crippen LogP contribution in [0.2, 0.25) is 0 Å². The maximum absolute atomic E-state index is 11.5. The van der Waals surface area contributed by atoms with Crippen molar-refractivity contribution < 1.29 is 4.79 Å². The number of carbonyl (C=O) groups excluding carboxylic acids is 1. The van der Waals surface area contributed by atoms with Gasteiger partial charge in [-0.25, -0.2) is 0 Å². The van der Waals surface area contributed by atoms with E-state index in [0.29, 0.717) is 17.0 Å². The number of benzene rings is 1. The van der Waals surface area contributed by atoms with Gasteiger partial charge in [-0.05, 0) is 61.3 Å². The number of carbonyl (C=O) groups is 1. The van der Waals surface area contributed by atoms with Crippen LogP contribution in [0.1, 0.15) is 56.8 Å². The number of rotatable bonds is 3. The van der Waals surface area contributed by atoms with Crippen molar-refractivity contribution in [3.05, 3.63) is 29.8 Å². The monoisotopic (exact) mass is 288 g/mol. The fourth-order valence-corrected chi connectivity index (χ4v) is 3.20. The summed E-state index contributed by atoms with van der Waals surface area (Å²) in [6.07, 6.45) is 5.08. The highest BCUT2D eigenvalue weighted by Gasteiger charge is 2.29. The molecule has 0 spiro atoms. The summed E-state index contributed by atoms with van der Waals surface area (Å²) in [6, 6.07) is 8.32. The van der Waals surface area contributed by atoms with Crippen molar-refractivity contribution in [3.63, 3.8) is 0 Å². The van der Waals surface area contributed by atoms with Gasteiger partial charge in [0.15, 0.2) is 0 Å². The standard InChI is InChI=1S/C18H28N2O/c1-18(2,3)14-7-11-16(12-8-14)20-15-9-5-13(6-10-15)17(21)19-4/h5-6,9-10,14,16,20H,7-8,11-12H2,1-4H3,(H,19,21). The summed E-state index contributed by atoms with van der Waals surface area (Å²) in [7, 11) is 1.65. The molecule has 3 heteroatoms. The predicted molar refractivity (Wildman–Crippen MR) is 88.7 cm³/mol. The smallest absolute Gasteiger partial charge is 0.251 e. The first kappa shape index (κ1) is 15.9. The Morgan fingerprint density at radius 3 is 2.10 bits per heavy atom. The summed E-state index contributed by atoms with van der Waals surface area (Å²) in [5.41, 5.74) is 2.25. The molecule has 0 radical (unpaired) electrons. The van der Waals surface area contributed by atoms with E-state index in [1.807, 2.05) is 24.3 Å². The zero-order valence-electron chi connectivity index (χ0n) is 13.7. The summed E-state index contributed by atoms with van der Waals surface area (Å²) in [5.74, 6) is 0.804. The first-order chi connectivity index (χ1) is 9.90. The summed E-state index contributed by atoms with van der Waals surface area (Å²) in [4.78, 5) is 11.5. The summed E-state index contributed by atoms with van der Waals surface area (Å²) >= 11 is 0. The van der Waals surface area contributed by atoms with Crippen LogP contribution in [0.4, 0.5) is 5.69 Å². The van der Waals surface area contributed by atoms with Gasteiger partial charge in [-0.3, -0.25) is 4.79 Å². The number of anilines is 1. The molecule has 1 fully saturated rings. The molecule has 0 aromatic heterocycles. The Morgan fingerprint density at radius 1 is 1.05 bits per heavy atom. The summed E-state index contributed by atoms with van der Waals surface area (Å²) in [6.45, 7) is 7.05.